The molecule has 7 nitrogen and oxygen atoms in total. The lowest BCUT2D eigenvalue weighted by molar-refractivity contribution is 0.0685. The number of nitrogens with zero attached hydrogens (tertiary/aromatic N) is 2. The lowest BCUT2D eigenvalue weighted by atomic mass is 10.1. The topological polar surface area (TPSA) is 77.4 Å². The van der Waals surface area contributed by atoms with E-state index in [1.54, 1.807) is 7.11 Å². The van der Waals surface area contributed by atoms with Gasteiger partial charge in [0, 0.05) is 25.4 Å². The Balaban J connectivity index is 1.37. The SMILES string of the molecule is CO[C@H]1COC[C@@H]1NC(=O)c1ccc(NCc2nc3ccccc3n2C)cc1. The van der Waals surface area contributed by atoms with Crippen molar-refractivity contribution in [1.29, 1.82) is 0 Å². The van der Waals surface area contributed by atoms with Crippen molar-refractivity contribution < 1.29 is 14.3 Å². The molecule has 3 aromatic rings. The maximum absolute atomic E-state index is 12.4. The fraction of sp³-hybridized carbons (Fsp3) is 0.333. The van der Waals surface area contributed by atoms with Crippen molar-refractivity contribution in [2.45, 2.75) is 18.7 Å². The number of para-hydroxylation sites is 2. The zero-order valence-corrected chi connectivity index (χ0v) is 16.0. The van der Waals surface area contributed by atoms with Gasteiger partial charge in [0.15, 0.2) is 0 Å². The van der Waals surface area contributed by atoms with Gasteiger partial charge in [-0.1, -0.05) is 12.1 Å². The van der Waals surface area contributed by atoms with Crippen LogP contribution in [0.2, 0.25) is 0 Å². The molecule has 0 bridgehead atoms. The van der Waals surface area contributed by atoms with Crippen molar-refractivity contribution in [3.8, 4) is 0 Å². The number of methoxy groups -OCH3 is 1. The maximum Gasteiger partial charge on any atom is 0.251 e. The van der Waals surface area contributed by atoms with Gasteiger partial charge in [0.25, 0.3) is 5.91 Å². The maximum atomic E-state index is 12.4. The quantitative estimate of drug-likeness (QED) is 0.686. The molecule has 2 aromatic carbocycles. The molecule has 1 aliphatic heterocycles. The van der Waals surface area contributed by atoms with Crippen molar-refractivity contribution in [3.63, 3.8) is 0 Å². The van der Waals surface area contributed by atoms with E-state index in [4.69, 9.17) is 9.47 Å². The number of aromatic nitrogens is 2. The lowest BCUT2D eigenvalue weighted by Gasteiger charge is -2.17. The Labute approximate surface area is 163 Å². The van der Waals surface area contributed by atoms with Crippen molar-refractivity contribution in [1.82, 2.24) is 14.9 Å². The monoisotopic (exact) mass is 380 g/mol. The number of hydrogen-bond donors (Lipinski definition) is 2. The number of fused-ring (bicyclic) bond motifs is 1. The minimum Gasteiger partial charge on any atom is -0.378 e. The predicted molar refractivity (Wildman–Crippen MR) is 107 cm³/mol. The Kier molecular flexibility index (Phi) is 5.27. The summed E-state index contributed by atoms with van der Waals surface area (Å²) in [6.45, 7) is 1.58. The highest BCUT2D eigenvalue weighted by atomic mass is 16.5. The molecule has 1 aromatic heterocycles. The van der Waals surface area contributed by atoms with Gasteiger partial charge >= 0.3 is 0 Å². The minimum atomic E-state index is -0.126. The molecule has 2 N–H and O–H groups in total. The van der Waals surface area contributed by atoms with E-state index in [-0.39, 0.29) is 18.1 Å². The second-order valence-corrected chi connectivity index (χ2v) is 6.90. The first-order valence-electron chi connectivity index (χ1n) is 9.31. The smallest absolute Gasteiger partial charge is 0.251 e. The van der Waals surface area contributed by atoms with Gasteiger partial charge in [-0.05, 0) is 36.4 Å². The van der Waals surface area contributed by atoms with Gasteiger partial charge in [0.05, 0.1) is 36.8 Å². The Hall–Kier alpha value is -2.90. The summed E-state index contributed by atoms with van der Waals surface area (Å²) in [7, 11) is 3.64. The van der Waals surface area contributed by atoms with Crippen LogP contribution in [0.5, 0.6) is 0 Å². The second kappa shape index (κ2) is 8.00. The zero-order valence-electron chi connectivity index (χ0n) is 16.0. The lowest BCUT2D eigenvalue weighted by Crippen LogP contribution is -2.43. The fourth-order valence-corrected chi connectivity index (χ4v) is 3.43. The van der Waals surface area contributed by atoms with Gasteiger partial charge in [-0.25, -0.2) is 4.98 Å². The number of anilines is 1. The third kappa shape index (κ3) is 3.72. The Morgan fingerprint density at radius 3 is 2.75 bits per heavy atom. The Bertz CT molecular complexity index is 967. The minimum absolute atomic E-state index is 0.0989. The van der Waals surface area contributed by atoms with Gasteiger partial charge in [0.1, 0.15) is 11.9 Å². The fourth-order valence-electron chi connectivity index (χ4n) is 3.43. The number of amides is 1. The number of hydrogen-bond acceptors (Lipinski definition) is 5. The molecule has 2 heterocycles. The van der Waals surface area contributed by atoms with Crippen molar-refractivity contribution in [2.75, 3.05) is 25.6 Å². The number of carbonyl (C=O) groups excluding carboxylic acids is 1. The van der Waals surface area contributed by atoms with Crippen molar-refractivity contribution in [3.05, 3.63) is 59.9 Å². The summed E-state index contributed by atoms with van der Waals surface area (Å²) in [5, 5.41) is 6.34. The molecule has 0 unspecified atom stereocenters. The normalized spacial score (nSPS) is 19.1. The van der Waals surface area contributed by atoms with Crippen LogP contribution in [0.25, 0.3) is 11.0 Å². The number of benzene rings is 2. The highest BCUT2D eigenvalue weighted by Gasteiger charge is 2.29. The summed E-state index contributed by atoms with van der Waals surface area (Å²) in [6, 6.07) is 15.4. The molecule has 28 heavy (non-hydrogen) atoms. The van der Waals surface area contributed by atoms with Crippen LogP contribution in [-0.2, 0) is 23.1 Å². The van der Waals surface area contributed by atoms with Crippen molar-refractivity contribution >= 4 is 22.6 Å². The van der Waals surface area contributed by atoms with Crippen molar-refractivity contribution in [2.24, 2.45) is 7.05 Å². The molecule has 7 heteroatoms. The van der Waals surface area contributed by atoms with Crippen LogP contribution in [0, 0.1) is 0 Å². The number of ether oxygens (including phenoxy) is 2. The number of imidazole rings is 1. The van der Waals surface area contributed by atoms with Gasteiger partial charge in [-0.15, -0.1) is 0 Å². The third-order valence-electron chi connectivity index (χ3n) is 5.13. The summed E-state index contributed by atoms with van der Waals surface area (Å²) in [6.07, 6.45) is -0.0989. The number of carbonyl (C=O) groups is 1. The van der Waals surface area contributed by atoms with E-state index in [0.717, 1.165) is 22.5 Å². The molecule has 2 atom stereocenters. The van der Waals surface area contributed by atoms with E-state index in [9.17, 15) is 4.79 Å². The van der Waals surface area contributed by atoms with E-state index in [1.165, 1.54) is 0 Å². The van der Waals surface area contributed by atoms with Gasteiger partial charge in [-0.2, -0.15) is 0 Å². The largest absolute Gasteiger partial charge is 0.378 e. The van der Waals surface area contributed by atoms with Gasteiger partial charge in [0.2, 0.25) is 0 Å². The highest BCUT2D eigenvalue weighted by Crippen LogP contribution is 2.17. The summed E-state index contributed by atoms with van der Waals surface area (Å²) in [5.74, 6) is 0.828. The first-order valence-corrected chi connectivity index (χ1v) is 9.31. The Morgan fingerprint density at radius 2 is 2.00 bits per heavy atom. The molecule has 146 valence electrons. The van der Waals surface area contributed by atoms with E-state index in [2.05, 4.69) is 26.3 Å². The van der Waals surface area contributed by atoms with Crippen LogP contribution in [0.4, 0.5) is 5.69 Å². The van der Waals surface area contributed by atoms with E-state index in [1.807, 2.05) is 49.5 Å². The molecule has 0 aliphatic carbocycles. The van der Waals surface area contributed by atoms with Crippen LogP contribution in [0.3, 0.4) is 0 Å². The van der Waals surface area contributed by atoms with E-state index < -0.39 is 0 Å². The number of aryl methyl sites for hydroxylation is 1. The third-order valence-corrected chi connectivity index (χ3v) is 5.13. The molecule has 0 spiro atoms. The summed E-state index contributed by atoms with van der Waals surface area (Å²) in [4.78, 5) is 17.1. The molecular formula is C21H24N4O3. The van der Waals surface area contributed by atoms with E-state index >= 15 is 0 Å². The van der Waals surface area contributed by atoms with Crippen LogP contribution in [0.1, 0.15) is 16.2 Å². The van der Waals surface area contributed by atoms with Crippen LogP contribution in [0.15, 0.2) is 48.5 Å². The summed E-state index contributed by atoms with van der Waals surface area (Å²) in [5.41, 5.74) is 3.63. The molecule has 1 fully saturated rings. The first kappa shape index (κ1) is 18.5. The zero-order chi connectivity index (χ0) is 19.5. The molecule has 4 rings (SSSR count). The first-order chi connectivity index (χ1) is 13.7. The molecule has 1 aliphatic rings. The van der Waals surface area contributed by atoms with E-state index in [0.29, 0.717) is 25.3 Å². The van der Waals surface area contributed by atoms with Crippen LogP contribution in [-0.4, -0.2) is 47.9 Å². The van der Waals surface area contributed by atoms with Crippen LogP contribution >= 0.6 is 0 Å². The Morgan fingerprint density at radius 1 is 1.21 bits per heavy atom. The second-order valence-electron chi connectivity index (χ2n) is 6.90. The average Bonchev–Trinajstić information content (AvgIpc) is 3.31. The molecule has 0 saturated carbocycles. The molecular weight excluding hydrogens is 356 g/mol. The molecule has 1 amide bonds. The van der Waals surface area contributed by atoms with Gasteiger partial charge < -0.3 is 24.7 Å². The summed E-state index contributed by atoms with van der Waals surface area (Å²) >= 11 is 0. The number of rotatable bonds is 6. The predicted octanol–water partition coefficient (Wildman–Crippen LogP) is 2.33. The highest BCUT2D eigenvalue weighted by molar-refractivity contribution is 5.94. The van der Waals surface area contributed by atoms with Gasteiger partial charge in [-0.3, -0.25) is 4.79 Å². The molecule has 0 radical (unpaired) electrons. The number of nitrogens with one attached hydrogen (secondary N) is 2. The molecule has 1 saturated heterocycles. The summed E-state index contributed by atoms with van der Waals surface area (Å²) < 4.78 is 12.8. The average molecular weight is 380 g/mol. The van der Waals surface area contributed by atoms with Crippen LogP contribution < -0.4 is 10.6 Å². The standard InChI is InChI=1S/C21H24N4O3/c1-25-18-6-4-3-5-16(18)23-20(25)11-22-15-9-7-14(8-10-15)21(26)24-17-12-28-13-19(17)27-2/h3-10,17,19,22H,11-13H2,1-2H3,(H,24,26)/t17-,19-/m0/s1.